The number of nitrogens with one attached hydrogen (secondary N) is 6. The number of amides is 1. The van der Waals surface area contributed by atoms with Crippen LogP contribution in [0.3, 0.4) is 0 Å². The molecule has 0 atom stereocenters. The number of aromatic nitrogens is 9. The first-order valence-electron chi connectivity index (χ1n) is 48.8. The van der Waals surface area contributed by atoms with Crippen LogP contribution in [0.5, 0.6) is 0 Å². The van der Waals surface area contributed by atoms with Crippen molar-refractivity contribution in [2.75, 3.05) is 206 Å². The smallest absolute Gasteiger partial charge is 0.253 e. The monoisotopic (exact) mass is 1810 g/mol. The number of carbonyl (C=O) groups excluding carboxylic acids is 1. The Morgan fingerprint density at radius 2 is 0.607 bits per heavy atom. The quantitative estimate of drug-likeness (QED) is 0.0239. The van der Waals surface area contributed by atoms with Crippen LogP contribution in [0.4, 0.5) is 52.9 Å². The molecule has 0 spiro atoms. The number of nitrogens with zero attached hydrogens (tertiary/aromatic N) is 19. The van der Waals surface area contributed by atoms with Crippen molar-refractivity contribution in [3.8, 4) is 0 Å². The number of para-hydroxylation sites is 4. The molecule has 6 N–H and O–H groups in total. The van der Waals surface area contributed by atoms with Crippen molar-refractivity contribution in [3.63, 3.8) is 0 Å². The van der Waals surface area contributed by atoms with E-state index in [-0.39, 0.29) is 5.91 Å². The van der Waals surface area contributed by atoms with Gasteiger partial charge in [-0.1, -0.05) is 194 Å². The number of hydrogen-bond acceptors (Lipinski definition) is 25. The highest BCUT2D eigenvalue weighted by molar-refractivity contribution is 5.95. The van der Waals surface area contributed by atoms with Crippen LogP contribution in [0.25, 0.3) is 43.6 Å². The minimum Gasteiger partial charge on any atom is -0.367 e. The lowest BCUT2D eigenvalue weighted by Gasteiger charge is -2.36. The molecule has 0 radical (unpaired) electrons. The summed E-state index contributed by atoms with van der Waals surface area (Å²) in [6, 6.07) is 93.4. The highest BCUT2D eigenvalue weighted by Crippen LogP contribution is 2.33. The highest BCUT2D eigenvalue weighted by Gasteiger charge is 2.30. The second-order valence-electron chi connectivity index (χ2n) is 36.9. The molecule has 11 heterocycles. The Labute approximate surface area is 796 Å². The fraction of sp³-hybridized carbons (Fsp3) is 0.376. The molecule has 26 heteroatoms. The first kappa shape index (κ1) is 93.7. The fourth-order valence-electron chi connectivity index (χ4n) is 18.8. The number of fused-ring (bicyclic) bond motifs is 4. The summed E-state index contributed by atoms with van der Waals surface area (Å²) >= 11 is 0. The number of pyridine rings is 1. The molecule has 9 aromatic carbocycles. The van der Waals surface area contributed by atoms with E-state index in [9.17, 15) is 4.79 Å². The Bertz CT molecular complexity index is 5970. The Morgan fingerprint density at radius 1 is 0.304 bits per heavy atom. The van der Waals surface area contributed by atoms with Gasteiger partial charge in [-0.2, -0.15) is 19.9 Å². The number of likely N-dealkylation sites (tertiary alicyclic amines) is 4. The van der Waals surface area contributed by atoms with Crippen LogP contribution in [-0.2, 0) is 26.2 Å². The van der Waals surface area contributed by atoms with Gasteiger partial charge in [0.15, 0.2) is 0 Å². The van der Waals surface area contributed by atoms with Crippen molar-refractivity contribution in [2.45, 2.75) is 108 Å². The van der Waals surface area contributed by atoms with Gasteiger partial charge < -0.3 is 61.3 Å². The van der Waals surface area contributed by atoms with E-state index in [1.165, 1.54) is 22.3 Å². The van der Waals surface area contributed by atoms with E-state index in [4.69, 9.17) is 39.9 Å². The second-order valence-corrected chi connectivity index (χ2v) is 36.9. The van der Waals surface area contributed by atoms with Crippen molar-refractivity contribution >= 4 is 102 Å². The predicted octanol–water partition coefficient (Wildman–Crippen LogP) is 16.8. The minimum absolute atomic E-state index is 0.0886. The topological polar surface area (TPSA) is 238 Å². The summed E-state index contributed by atoms with van der Waals surface area (Å²) in [5.74, 6) is 7.85. The molecule has 1 amide bonds. The standard InChI is InChI=1S/C31H34N6O.C29H33N7.C25H34N6.C24H32N6/c38-30(25-11-5-2-6-12-25)36-19-21-37(22-20-36)31-33-28-14-8-7-13-27(28)29(34-31)32-26-15-17-35(18-16-26)23-24-9-3-1-4-10-24;1-2-8-23(9-3-1)22-34-16-13-24(14-17-34)31-28-25-10-4-5-11-26(25)32-29(33-28)36-20-18-35(19-21-36)27-12-6-7-15-30-27;1-30(2)16-8-15-26-25-28-23-12-7-6-11-22(23)24(29-25)27-21-13-17-31(18-14-21)19-20-9-4-3-5-10-20;1-29(2)17-14-25-24-27-22-11-7-6-10-21(22)23(28-24)26-20-12-15-30(16-13-20)18-19-8-4-3-5-9-19/h1-14,26H,15-23H2,(H,32,33,34);1-12,15,24H,13-14,16-22H2,(H,31,32,33);3-7,9-12,21H,8,13-19H2,1-2H3,(H2,26,27,28,29);3-11,20H,12-18H2,1-2H3,(H2,25,26,27,28). The maximum absolute atomic E-state index is 12.9. The molecular formula is C109H133N25O. The van der Waals surface area contributed by atoms with Crippen LogP contribution in [0.2, 0.25) is 0 Å². The molecule has 0 saturated carbocycles. The van der Waals surface area contributed by atoms with Crippen LogP contribution < -0.4 is 46.6 Å². The summed E-state index contributed by atoms with van der Waals surface area (Å²) < 4.78 is 0. The summed E-state index contributed by atoms with van der Waals surface area (Å²) in [5.41, 5.74) is 10.2. The Hall–Kier alpha value is -13.1. The first-order valence-corrected chi connectivity index (χ1v) is 48.8. The molecule has 0 bridgehead atoms. The van der Waals surface area contributed by atoms with Crippen molar-refractivity contribution in [1.29, 1.82) is 0 Å². The molecule has 26 nitrogen and oxygen atoms in total. The Balaban J connectivity index is 0.000000126. The molecule has 135 heavy (non-hydrogen) atoms. The number of likely N-dealkylation sites (N-methyl/N-ethyl adjacent to an activating group) is 1. The van der Waals surface area contributed by atoms with Gasteiger partial charge in [-0.25, -0.2) is 24.9 Å². The van der Waals surface area contributed by atoms with Crippen LogP contribution in [0.15, 0.2) is 273 Å². The van der Waals surface area contributed by atoms with E-state index in [0.29, 0.717) is 62.2 Å². The average molecular weight is 1810 g/mol. The van der Waals surface area contributed by atoms with E-state index in [0.717, 1.165) is 279 Å². The van der Waals surface area contributed by atoms with Gasteiger partial charge in [0.25, 0.3) is 5.91 Å². The van der Waals surface area contributed by atoms with Gasteiger partial charge in [0.05, 0.1) is 22.1 Å². The van der Waals surface area contributed by atoms with E-state index >= 15 is 0 Å². The maximum Gasteiger partial charge on any atom is 0.253 e. The molecule has 5 aromatic heterocycles. The lowest BCUT2D eigenvalue weighted by molar-refractivity contribution is 0.0746. The molecule has 0 unspecified atom stereocenters. The molecule has 6 aliphatic heterocycles. The molecule has 0 aliphatic carbocycles. The largest absolute Gasteiger partial charge is 0.367 e. The summed E-state index contributed by atoms with van der Waals surface area (Å²) in [7, 11) is 8.33. The van der Waals surface area contributed by atoms with Gasteiger partial charge in [-0.05, 0) is 188 Å². The molecule has 6 fully saturated rings. The molecule has 14 aromatic rings. The van der Waals surface area contributed by atoms with Gasteiger partial charge in [0, 0.05) is 208 Å². The Morgan fingerprint density at radius 3 is 0.956 bits per heavy atom. The normalized spacial score (nSPS) is 16.5. The van der Waals surface area contributed by atoms with Crippen molar-refractivity contribution in [2.24, 2.45) is 0 Å². The third-order valence-corrected chi connectivity index (χ3v) is 26.4. The summed E-state index contributed by atoms with van der Waals surface area (Å²) in [6.45, 7) is 22.9. The molecular weight excluding hydrogens is 1680 g/mol. The van der Waals surface area contributed by atoms with E-state index in [2.05, 4.69) is 309 Å². The van der Waals surface area contributed by atoms with E-state index < -0.39 is 0 Å². The highest BCUT2D eigenvalue weighted by atomic mass is 16.2. The predicted molar refractivity (Wildman–Crippen MR) is 554 cm³/mol. The number of rotatable bonds is 29. The SMILES string of the molecule is CN(C)CCCNc1nc(NC2CCN(Cc3ccccc3)CC2)c2ccccc2n1.CN(C)CCNc1nc(NC2CCN(Cc3ccccc3)CC2)c2ccccc2n1.O=C(c1ccccc1)N1CCN(c2nc(NC3CCN(Cc4ccccc4)CC3)c3ccccc3n2)CC1.c1ccc(CN2CCC(Nc3nc(N4CCN(c5ccccn5)CC4)nc4ccccc34)CC2)cc1. The van der Waals surface area contributed by atoms with Crippen LogP contribution >= 0.6 is 0 Å². The van der Waals surface area contributed by atoms with Gasteiger partial charge in [-0.3, -0.25) is 24.4 Å². The third kappa shape index (κ3) is 26.9. The fourth-order valence-corrected chi connectivity index (χ4v) is 18.8. The van der Waals surface area contributed by atoms with Gasteiger partial charge >= 0.3 is 0 Å². The number of anilines is 9. The number of piperidine rings is 4. The van der Waals surface area contributed by atoms with Crippen molar-refractivity contribution < 1.29 is 4.79 Å². The minimum atomic E-state index is 0.0886. The maximum atomic E-state index is 12.9. The molecule has 700 valence electrons. The van der Waals surface area contributed by atoms with E-state index in [1.807, 2.05) is 77.8 Å². The van der Waals surface area contributed by atoms with Crippen LogP contribution in [0, 0.1) is 0 Å². The van der Waals surface area contributed by atoms with Gasteiger partial charge in [-0.15, -0.1) is 0 Å². The number of hydrogen-bond donors (Lipinski definition) is 6. The van der Waals surface area contributed by atoms with Crippen LogP contribution in [0.1, 0.15) is 90.4 Å². The lowest BCUT2D eigenvalue weighted by Crippen LogP contribution is -2.49. The third-order valence-electron chi connectivity index (χ3n) is 26.4. The molecule has 6 aliphatic rings. The lowest BCUT2D eigenvalue weighted by atomic mass is 10.0. The van der Waals surface area contributed by atoms with Gasteiger partial charge in [0.2, 0.25) is 23.8 Å². The zero-order chi connectivity index (χ0) is 92.1. The second kappa shape index (κ2) is 47.7. The number of benzene rings is 9. The number of carbonyl (C=O) groups is 1. The first-order chi connectivity index (χ1) is 66.4. The Kier molecular flexibility index (Phi) is 33.1. The van der Waals surface area contributed by atoms with Crippen molar-refractivity contribution in [3.05, 3.63) is 301 Å². The van der Waals surface area contributed by atoms with E-state index in [1.54, 1.807) is 0 Å². The molecule has 6 saturated heterocycles. The zero-order valence-electron chi connectivity index (χ0n) is 79.0. The summed E-state index contributed by atoms with van der Waals surface area (Å²) in [5, 5.41) is 26.1. The summed E-state index contributed by atoms with van der Waals surface area (Å²) in [4.78, 5) is 79.7. The van der Waals surface area contributed by atoms with Gasteiger partial charge in [0.1, 0.15) is 29.1 Å². The summed E-state index contributed by atoms with van der Waals surface area (Å²) in [6.07, 6.45) is 11.8. The zero-order valence-corrected chi connectivity index (χ0v) is 79.0. The van der Waals surface area contributed by atoms with Crippen LogP contribution in [-0.4, -0.2) is 268 Å². The van der Waals surface area contributed by atoms with Crippen molar-refractivity contribution in [1.82, 2.24) is 79.2 Å². The average Bonchev–Trinajstić information content (AvgIpc) is 0.773. The number of piperazine rings is 2. The molecule has 20 rings (SSSR count).